The highest BCUT2D eigenvalue weighted by Crippen LogP contribution is 2.29. The summed E-state index contributed by atoms with van der Waals surface area (Å²) < 4.78 is 25.2. The van der Waals surface area contributed by atoms with Gasteiger partial charge in [0.2, 0.25) is 5.78 Å². The summed E-state index contributed by atoms with van der Waals surface area (Å²) in [5.41, 5.74) is 0.369. The Hall–Kier alpha value is -4.27. The molecule has 0 radical (unpaired) electrons. The lowest BCUT2D eigenvalue weighted by atomic mass is 10.1. The molecule has 1 unspecified atom stereocenters. The van der Waals surface area contributed by atoms with Gasteiger partial charge < -0.3 is 14.8 Å². The Kier molecular flexibility index (Phi) is 5.55. The molecule has 3 aromatic rings. The van der Waals surface area contributed by atoms with Gasteiger partial charge in [-0.25, -0.2) is 9.18 Å². The van der Waals surface area contributed by atoms with Crippen LogP contribution in [0.4, 0.5) is 10.1 Å². The number of ether oxygens (including phenoxy) is 2. The number of rotatable bonds is 5. The molecule has 2 aromatic carbocycles. The van der Waals surface area contributed by atoms with Gasteiger partial charge in [0.25, 0.3) is 11.5 Å². The van der Waals surface area contributed by atoms with Crippen molar-refractivity contribution in [2.45, 2.75) is 13.0 Å². The molecule has 1 N–H and O–H groups in total. The largest absolute Gasteiger partial charge is 0.482 e. The van der Waals surface area contributed by atoms with E-state index < -0.39 is 29.2 Å². The van der Waals surface area contributed by atoms with E-state index in [9.17, 15) is 23.6 Å². The Labute approximate surface area is 181 Å². The van der Waals surface area contributed by atoms with Crippen LogP contribution in [0.2, 0.25) is 0 Å². The summed E-state index contributed by atoms with van der Waals surface area (Å²) in [4.78, 5) is 49.0. The second-order valence-electron chi connectivity index (χ2n) is 7.07. The minimum atomic E-state index is -1.14. The lowest BCUT2D eigenvalue weighted by molar-refractivity contribution is -0.118. The SMILES string of the molecule is CC(OC(=O)c1ccc(=O)n(-c2cccc(F)c2)c1)C(=O)c1ccc2c(c1)NC(=O)CO2. The molecular weight excluding hydrogens is 419 g/mol. The normalized spacial score (nSPS) is 13.4. The number of aromatic nitrogens is 1. The number of anilines is 1. The minimum absolute atomic E-state index is 0.0135. The van der Waals surface area contributed by atoms with Crippen molar-refractivity contribution in [1.82, 2.24) is 4.57 Å². The summed E-state index contributed by atoms with van der Waals surface area (Å²) in [7, 11) is 0. The van der Waals surface area contributed by atoms with E-state index in [-0.39, 0.29) is 29.3 Å². The quantitative estimate of drug-likeness (QED) is 0.487. The zero-order chi connectivity index (χ0) is 22.8. The third kappa shape index (κ3) is 4.27. The zero-order valence-electron chi connectivity index (χ0n) is 16.8. The summed E-state index contributed by atoms with van der Waals surface area (Å²) >= 11 is 0. The second-order valence-corrected chi connectivity index (χ2v) is 7.07. The Morgan fingerprint density at radius 3 is 2.66 bits per heavy atom. The van der Waals surface area contributed by atoms with Crippen molar-refractivity contribution >= 4 is 23.3 Å². The lowest BCUT2D eigenvalue weighted by Gasteiger charge is -2.19. The van der Waals surface area contributed by atoms with Gasteiger partial charge in [0.1, 0.15) is 11.6 Å². The predicted molar refractivity (Wildman–Crippen MR) is 112 cm³/mol. The molecule has 0 saturated carbocycles. The first-order chi connectivity index (χ1) is 15.3. The number of halogens is 1. The molecule has 162 valence electrons. The fraction of sp³-hybridized carbons (Fsp3) is 0.130. The van der Waals surface area contributed by atoms with Crippen molar-refractivity contribution in [1.29, 1.82) is 0 Å². The highest BCUT2D eigenvalue weighted by molar-refractivity contribution is 6.03. The van der Waals surface area contributed by atoms with Crippen molar-refractivity contribution in [3.05, 3.63) is 88.1 Å². The molecule has 32 heavy (non-hydrogen) atoms. The summed E-state index contributed by atoms with van der Waals surface area (Å²) in [6.45, 7) is 1.31. The third-order valence-electron chi connectivity index (χ3n) is 4.78. The number of esters is 1. The van der Waals surface area contributed by atoms with E-state index in [1.54, 1.807) is 6.07 Å². The van der Waals surface area contributed by atoms with Gasteiger partial charge in [-0.2, -0.15) is 0 Å². The predicted octanol–water partition coefficient (Wildman–Crippen LogP) is 2.74. The molecule has 4 rings (SSSR count). The smallest absolute Gasteiger partial charge is 0.340 e. The van der Waals surface area contributed by atoms with Crippen molar-refractivity contribution in [3.8, 4) is 11.4 Å². The Bertz CT molecular complexity index is 1300. The van der Waals surface area contributed by atoms with Gasteiger partial charge in [0, 0.05) is 17.8 Å². The van der Waals surface area contributed by atoms with Crippen LogP contribution in [-0.2, 0) is 9.53 Å². The molecule has 0 aliphatic carbocycles. The Morgan fingerprint density at radius 1 is 1.09 bits per heavy atom. The van der Waals surface area contributed by atoms with Crippen LogP contribution in [0.1, 0.15) is 27.6 Å². The van der Waals surface area contributed by atoms with Crippen LogP contribution < -0.4 is 15.6 Å². The molecule has 9 heteroatoms. The third-order valence-corrected chi connectivity index (χ3v) is 4.78. The van der Waals surface area contributed by atoms with Crippen LogP contribution in [0, 0.1) is 5.82 Å². The van der Waals surface area contributed by atoms with Crippen molar-refractivity contribution < 1.29 is 28.2 Å². The van der Waals surface area contributed by atoms with Gasteiger partial charge in [0.05, 0.1) is 16.9 Å². The molecule has 1 aromatic heterocycles. The topological polar surface area (TPSA) is 104 Å². The average Bonchev–Trinajstić information content (AvgIpc) is 2.78. The fourth-order valence-corrected chi connectivity index (χ4v) is 3.19. The van der Waals surface area contributed by atoms with Crippen LogP contribution in [0.15, 0.2) is 65.6 Å². The van der Waals surface area contributed by atoms with Crippen molar-refractivity contribution in [2.75, 3.05) is 11.9 Å². The Morgan fingerprint density at radius 2 is 1.88 bits per heavy atom. The lowest BCUT2D eigenvalue weighted by Crippen LogP contribution is -2.27. The molecule has 1 amide bonds. The van der Waals surface area contributed by atoms with Gasteiger partial charge >= 0.3 is 5.97 Å². The number of nitrogens with zero attached hydrogens (tertiary/aromatic N) is 1. The number of benzene rings is 2. The van der Waals surface area contributed by atoms with E-state index in [1.165, 1.54) is 49.5 Å². The van der Waals surface area contributed by atoms with Gasteiger partial charge in [0.15, 0.2) is 12.7 Å². The van der Waals surface area contributed by atoms with Gasteiger partial charge in [-0.3, -0.25) is 19.0 Å². The molecule has 1 aliphatic heterocycles. The number of fused-ring (bicyclic) bond motifs is 1. The number of ketones is 1. The van der Waals surface area contributed by atoms with Crippen molar-refractivity contribution in [2.24, 2.45) is 0 Å². The maximum Gasteiger partial charge on any atom is 0.340 e. The monoisotopic (exact) mass is 436 g/mol. The number of amides is 1. The molecular formula is C23H17FN2O6. The molecule has 0 bridgehead atoms. The Balaban J connectivity index is 1.52. The van der Waals surface area contributed by atoms with E-state index >= 15 is 0 Å². The maximum absolute atomic E-state index is 13.5. The number of hydrogen-bond donors (Lipinski definition) is 1. The first-order valence-corrected chi connectivity index (χ1v) is 9.62. The number of carbonyl (C=O) groups excluding carboxylic acids is 3. The van der Waals surface area contributed by atoms with Crippen LogP contribution in [0.5, 0.6) is 5.75 Å². The fourth-order valence-electron chi connectivity index (χ4n) is 3.19. The summed E-state index contributed by atoms with van der Waals surface area (Å²) in [5, 5.41) is 2.61. The van der Waals surface area contributed by atoms with Gasteiger partial charge in [-0.1, -0.05) is 6.07 Å². The molecule has 0 spiro atoms. The number of hydrogen-bond acceptors (Lipinski definition) is 6. The van der Waals surface area contributed by atoms with Crippen LogP contribution >= 0.6 is 0 Å². The van der Waals surface area contributed by atoms with Crippen LogP contribution in [0.3, 0.4) is 0 Å². The number of carbonyl (C=O) groups is 3. The molecule has 1 atom stereocenters. The summed E-state index contributed by atoms with van der Waals surface area (Å²) in [5.74, 6) is -1.75. The average molecular weight is 436 g/mol. The van der Waals surface area contributed by atoms with Crippen molar-refractivity contribution in [3.63, 3.8) is 0 Å². The molecule has 0 fully saturated rings. The van der Waals surface area contributed by atoms with E-state index in [4.69, 9.17) is 9.47 Å². The minimum Gasteiger partial charge on any atom is -0.482 e. The first kappa shape index (κ1) is 21.0. The number of nitrogens with one attached hydrogen (secondary N) is 1. The number of Topliss-reactive ketones (excluding diaryl/α,β-unsaturated/α-hetero) is 1. The maximum atomic E-state index is 13.5. The molecule has 1 aliphatic rings. The van der Waals surface area contributed by atoms with E-state index in [0.29, 0.717) is 11.4 Å². The molecule has 8 nitrogen and oxygen atoms in total. The number of pyridine rings is 1. The molecule has 0 saturated heterocycles. The summed E-state index contributed by atoms with van der Waals surface area (Å²) in [6, 6.07) is 12.3. The second kappa shape index (κ2) is 8.46. The van der Waals surface area contributed by atoms with Crippen LogP contribution in [0.25, 0.3) is 5.69 Å². The summed E-state index contributed by atoms with van der Waals surface area (Å²) in [6.07, 6.45) is 0.0814. The van der Waals surface area contributed by atoms with E-state index in [0.717, 1.165) is 16.7 Å². The first-order valence-electron chi connectivity index (χ1n) is 9.62. The van der Waals surface area contributed by atoms with Gasteiger partial charge in [-0.05, 0) is 49.4 Å². The van der Waals surface area contributed by atoms with Gasteiger partial charge in [-0.15, -0.1) is 0 Å². The molecule has 2 heterocycles. The zero-order valence-corrected chi connectivity index (χ0v) is 16.8. The van der Waals surface area contributed by atoms with E-state index in [2.05, 4.69) is 5.32 Å². The van der Waals surface area contributed by atoms with E-state index in [1.807, 2.05) is 0 Å². The standard InChI is InChI=1S/C23H17FN2O6/c1-13(22(29)14-5-7-19-18(9-14)25-20(27)12-31-19)32-23(30)15-6-8-21(28)26(11-15)17-4-2-3-16(24)10-17/h2-11,13H,12H2,1H3,(H,25,27). The highest BCUT2D eigenvalue weighted by Gasteiger charge is 2.24. The highest BCUT2D eigenvalue weighted by atomic mass is 19.1. The van der Waals surface area contributed by atoms with Crippen LogP contribution in [-0.4, -0.2) is 34.9 Å².